The number of aromatic nitrogens is 2. The lowest BCUT2D eigenvalue weighted by Gasteiger charge is -2.35. The van der Waals surface area contributed by atoms with E-state index in [-0.39, 0.29) is 11.4 Å². The van der Waals surface area contributed by atoms with Crippen molar-refractivity contribution in [2.45, 2.75) is 6.54 Å². The molecule has 1 aliphatic rings. The summed E-state index contributed by atoms with van der Waals surface area (Å²) in [5.41, 5.74) is 0.542. The van der Waals surface area contributed by atoms with Gasteiger partial charge >= 0.3 is 0 Å². The van der Waals surface area contributed by atoms with Crippen molar-refractivity contribution < 1.29 is 4.39 Å². The summed E-state index contributed by atoms with van der Waals surface area (Å²) in [6.45, 7) is 3.74. The number of halogens is 2. The van der Waals surface area contributed by atoms with E-state index >= 15 is 0 Å². The van der Waals surface area contributed by atoms with Crippen LogP contribution in [0.1, 0.15) is 5.56 Å². The second-order valence-corrected chi connectivity index (χ2v) is 6.18. The molecule has 5 nitrogen and oxygen atoms in total. The van der Waals surface area contributed by atoms with Crippen molar-refractivity contribution in [3.05, 3.63) is 56.8 Å². The number of nitrogens with one attached hydrogen (secondary N) is 1. The number of nitrogens with zero attached hydrogens (tertiary/aromatic N) is 3. The number of benzene rings is 1. The molecule has 0 aliphatic carbocycles. The fourth-order valence-corrected chi connectivity index (χ4v) is 2.98. The molecule has 1 N–H and O–H groups in total. The largest absolute Gasteiger partial charge is 0.354 e. The van der Waals surface area contributed by atoms with Crippen molar-refractivity contribution in [2.75, 3.05) is 31.1 Å². The van der Waals surface area contributed by atoms with Crippen LogP contribution in [0.5, 0.6) is 0 Å². The Labute approximate surface area is 135 Å². The summed E-state index contributed by atoms with van der Waals surface area (Å²) >= 11 is 3.37. The molecule has 1 aromatic heterocycles. The average Bonchev–Trinajstić information content (AvgIpc) is 2.52. The first-order chi connectivity index (χ1) is 10.6. The van der Waals surface area contributed by atoms with Crippen LogP contribution in [-0.4, -0.2) is 41.0 Å². The zero-order valence-electron chi connectivity index (χ0n) is 11.9. The van der Waals surface area contributed by atoms with Gasteiger partial charge in [-0.25, -0.2) is 9.37 Å². The third-order valence-electron chi connectivity index (χ3n) is 3.76. The molecule has 0 atom stereocenters. The molecule has 1 aromatic carbocycles. The summed E-state index contributed by atoms with van der Waals surface area (Å²) in [6.07, 6.45) is 1.42. The van der Waals surface area contributed by atoms with E-state index in [0.717, 1.165) is 30.7 Å². The van der Waals surface area contributed by atoms with E-state index in [9.17, 15) is 9.18 Å². The van der Waals surface area contributed by atoms with E-state index in [1.165, 1.54) is 18.5 Å². The smallest absolute Gasteiger partial charge is 0.252 e. The quantitative estimate of drug-likeness (QED) is 0.902. The monoisotopic (exact) mass is 366 g/mol. The molecule has 0 bridgehead atoms. The fourth-order valence-electron chi connectivity index (χ4n) is 2.57. The predicted molar refractivity (Wildman–Crippen MR) is 86.4 cm³/mol. The summed E-state index contributed by atoms with van der Waals surface area (Å²) in [5.74, 6) is 0.513. The molecule has 2 heterocycles. The first-order valence-corrected chi connectivity index (χ1v) is 7.87. The topological polar surface area (TPSA) is 52.2 Å². The molecule has 3 rings (SSSR count). The molecule has 116 valence electrons. The van der Waals surface area contributed by atoms with Crippen molar-refractivity contribution >= 4 is 21.7 Å². The van der Waals surface area contributed by atoms with Crippen LogP contribution in [0.25, 0.3) is 0 Å². The van der Waals surface area contributed by atoms with Gasteiger partial charge in [-0.1, -0.05) is 15.9 Å². The minimum atomic E-state index is -0.179. The molecule has 0 spiro atoms. The molecule has 1 aliphatic heterocycles. The lowest BCUT2D eigenvalue weighted by atomic mass is 10.2. The zero-order valence-corrected chi connectivity index (χ0v) is 13.5. The Kier molecular flexibility index (Phi) is 4.54. The van der Waals surface area contributed by atoms with Gasteiger partial charge in [-0.2, -0.15) is 0 Å². The Morgan fingerprint density at radius 3 is 2.73 bits per heavy atom. The summed E-state index contributed by atoms with van der Waals surface area (Å²) < 4.78 is 14.7. The van der Waals surface area contributed by atoms with Gasteiger partial charge in [0.15, 0.2) is 0 Å². The van der Waals surface area contributed by atoms with Crippen molar-refractivity contribution in [3.8, 4) is 0 Å². The van der Waals surface area contributed by atoms with Gasteiger partial charge in [0, 0.05) is 48.8 Å². The van der Waals surface area contributed by atoms with Crippen LogP contribution in [0.15, 0.2) is 39.9 Å². The Morgan fingerprint density at radius 2 is 2.00 bits per heavy atom. The summed E-state index contributed by atoms with van der Waals surface area (Å²) in [4.78, 5) is 22.3. The molecule has 22 heavy (non-hydrogen) atoms. The number of aromatic amines is 1. The molecular formula is C15H16BrFN4O. The van der Waals surface area contributed by atoms with E-state index < -0.39 is 0 Å². The molecule has 0 radical (unpaired) electrons. The average molecular weight is 367 g/mol. The van der Waals surface area contributed by atoms with E-state index in [0.29, 0.717) is 17.9 Å². The second-order valence-electron chi connectivity index (χ2n) is 5.27. The fraction of sp³-hybridized carbons (Fsp3) is 0.333. The van der Waals surface area contributed by atoms with Gasteiger partial charge in [-0.05, 0) is 18.2 Å². The van der Waals surface area contributed by atoms with Gasteiger partial charge in [0.05, 0.1) is 6.33 Å². The summed E-state index contributed by atoms with van der Waals surface area (Å²) in [7, 11) is 0. The molecule has 1 fully saturated rings. The zero-order chi connectivity index (χ0) is 15.5. The first-order valence-electron chi connectivity index (χ1n) is 7.08. The molecule has 7 heteroatoms. The minimum Gasteiger partial charge on any atom is -0.354 e. The number of hydrogen-bond donors (Lipinski definition) is 1. The molecule has 1 saturated heterocycles. The maximum atomic E-state index is 13.8. The lowest BCUT2D eigenvalue weighted by molar-refractivity contribution is 0.246. The number of piperazine rings is 1. The Morgan fingerprint density at radius 1 is 1.23 bits per heavy atom. The standard InChI is InChI=1S/C15H16BrFN4O/c16-12-1-2-13(17)11(7-12)9-20-3-5-21(6-4-20)14-8-15(22)19-10-18-14/h1-2,7-8,10H,3-6,9H2,(H,18,19,22). The van der Waals surface area contributed by atoms with Gasteiger partial charge in [-0.3, -0.25) is 9.69 Å². The van der Waals surface area contributed by atoms with E-state index in [2.05, 4.69) is 35.7 Å². The number of anilines is 1. The Bertz CT molecular complexity index is 713. The Balaban J connectivity index is 1.62. The maximum absolute atomic E-state index is 13.8. The minimum absolute atomic E-state index is 0.149. The highest BCUT2D eigenvalue weighted by Crippen LogP contribution is 2.18. The lowest BCUT2D eigenvalue weighted by Crippen LogP contribution is -2.46. The van der Waals surface area contributed by atoms with Crippen molar-refractivity contribution in [2.24, 2.45) is 0 Å². The molecule has 0 saturated carbocycles. The van der Waals surface area contributed by atoms with Crippen LogP contribution < -0.4 is 10.5 Å². The van der Waals surface area contributed by atoms with Gasteiger partial charge in [0.2, 0.25) is 0 Å². The highest BCUT2D eigenvalue weighted by atomic mass is 79.9. The highest BCUT2D eigenvalue weighted by Gasteiger charge is 2.19. The van der Waals surface area contributed by atoms with E-state index in [4.69, 9.17) is 0 Å². The van der Waals surface area contributed by atoms with Crippen LogP contribution in [0.3, 0.4) is 0 Å². The van der Waals surface area contributed by atoms with E-state index in [1.54, 1.807) is 6.07 Å². The van der Waals surface area contributed by atoms with Crippen LogP contribution in [-0.2, 0) is 6.54 Å². The van der Waals surface area contributed by atoms with Crippen molar-refractivity contribution in [3.63, 3.8) is 0 Å². The van der Waals surface area contributed by atoms with E-state index in [1.807, 2.05) is 6.07 Å². The van der Waals surface area contributed by atoms with Crippen LogP contribution in [0, 0.1) is 5.82 Å². The van der Waals surface area contributed by atoms with Crippen LogP contribution in [0.4, 0.5) is 10.2 Å². The first kappa shape index (κ1) is 15.2. The van der Waals surface area contributed by atoms with Crippen molar-refractivity contribution in [1.82, 2.24) is 14.9 Å². The second kappa shape index (κ2) is 6.58. The van der Waals surface area contributed by atoms with Gasteiger partial charge < -0.3 is 9.88 Å². The maximum Gasteiger partial charge on any atom is 0.252 e. The summed E-state index contributed by atoms with van der Waals surface area (Å²) in [6, 6.07) is 6.51. The normalized spacial score (nSPS) is 16.0. The van der Waals surface area contributed by atoms with Crippen molar-refractivity contribution in [1.29, 1.82) is 0 Å². The SMILES string of the molecule is O=c1cc(N2CCN(Cc3cc(Br)ccc3F)CC2)nc[nH]1. The van der Waals surface area contributed by atoms with Crippen LogP contribution >= 0.6 is 15.9 Å². The van der Waals surface area contributed by atoms with Gasteiger partial charge in [0.1, 0.15) is 11.6 Å². The van der Waals surface area contributed by atoms with Crippen LogP contribution in [0.2, 0.25) is 0 Å². The highest BCUT2D eigenvalue weighted by molar-refractivity contribution is 9.10. The molecule has 0 amide bonds. The third-order valence-corrected chi connectivity index (χ3v) is 4.26. The Hall–Kier alpha value is -1.73. The number of hydrogen-bond acceptors (Lipinski definition) is 4. The summed E-state index contributed by atoms with van der Waals surface area (Å²) in [5, 5.41) is 0. The molecule has 2 aromatic rings. The number of H-pyrrole nitrogens is 1. The molecule has 0 unspecified atom stereocenters. The van der Waals surface area contributed by atoms with Gasteiger partial charge in [-0.15, -0.1) is 0 Å². The molecular weight excluding hydrogens is 351 g/mol. The number of rotatable bonds is 3. The third kappa shape index (κ3) is 3.53. The van der Waals surface area contributed by atoms with Gasteiger partial charge in [0.25, 0.3) is 5.56 Å². The predicted octanol–water partition coefficient (Wildman–Crippen LogP) is 1.99.